The van der Waals surface area contributed by atoms with Crippen molar-refractivity contribution in [3.8, 4) is 0 Å². The first-order valence-electron chi connectivity index (χ1n) is 3.63. The number of aliphatic imine (C=N–C) groups is 1. The summed E-state index contributed by atoms with van der Waals surface area (Å²) < 4.78 is 36.5. The van der Waals surface area contributed by atoms with Crippen molar-refractivity contribution in [2.45, 2.75) is 6.18 Å². The summed E-state index contributed by atoms with van der Waals surface area (Å²) in [4.78, 5) is 3.51. The third-order valence-corrected chi connectivity index (χ3v) is 1.44. The second-order valence-corrected chi connectivity index (χ2v) is 2.44. The molecule has 0 amide bonds. The zero-order chi connectivity index (χ0) is 10.6. The Morgan fingerprint density at radius 2 is 2.07 bits per heavy atom. The number of nitrogens with one attached hydrogen (secondary N) is 1. The molecule has 1 rings (SSSR count). The molecule has 0 aliphatic heterocycles. The fraction of sp³-hybridized carbons (Fsp3) is 0.125. The van der Waals surface area contributed by atoms with E-state index in [1.54, 1.807) is 5.48 Å². The summed E-state index contributed by atoms with van der Waals surface area (Å²) in [5.74, 6) is 0. The van der Waals surface area contributed by atoms with Crippen LogP contribution in [0.5, 0.6) is 0 Å². The Morgan fingerprint density at radius 3 is 2.64 bits per heavy atom. The van der Waals surface area contributed by atoms with Crippen molar-refractivity contribution in [3.05, 3.63) is 29.8 Å². The molecule has 0 bridgehead atoms. The van der Waals surface area contributed by atoms with Gasteiger partial charge in [0.2, 0.25) is 0 Å². The van der Waals surface area contributed by atoms with Crippen LogP contribution in [-0.4, -0.2) is 11.5 Å². The predicted molar refractivity (Wildman–Crippen MR) is 44.5 cm³/mol. The number of rotatable bonds is 2. The molecule has 1 aromatic rings. The monoisotopic (exact) mass is 204 g/mol. The number of halogens is 3. The van der Waals surface area contributed by atoms with Crippen LogP contribution in [0.2, 0.25) is 0 Å². The highest BCUT2D eigenvalue weighted by Gasteiger charge is 2.30. The van der Waals surface area contributed by atoms with E-state index >= 15 is 0 Å². The number of hydrogen-bond acceptors (Lipinski definition) is 2. The largest absolute Gasteiger partial charge is 0.416 e. The van der Waals surface area contributed by atoms with E-state index in [9.17, 15) is 13.2 Å². The summed E-state index contributed by atoms with van der Waals surface area (Å²) in [7, 11) is 0. The van der Waals surface area contributed by atoms with E-state index in [0.29, 0.717) is 0 Å². The molecule has 6 heteroatoms. The van der Waals surface area contributed by atoms with Crippen LogP contribution in [0.3, 0.4) is 0 Å². The van der Waals surface area contributed by atoms with E-state index in [2.05, 4.69) is 4.99 Å². The molecular weight excluding hydrogens is 197 g/mol. The van der Waals surface area contributed by atoms with Gasteiger partial charge in [0.15, 0.2) is 0 Å². The van der Waals surface area contributed by atoms with Crippen molar-refractivity contribution in [2.75, 3.05) is 0 Å². The molecule has 0 heterocycles. The van der Waals surface area contributed by atoms with E-state index in [-0.39, 0.29) is 5.69 Å². The molecule has 14 heavy (non-hydrogen) atoms. The summed E-state index contributed by atoms with van der Waals surface area (Å²) in [5.41, 5.74) is 0.941. The zero-order valence-corrected chi connectivity index (χ0v) is 6.92. The first kappa shape index (κ1) is 10.5. The Morgan fingerprint density at radius 1 is 1.36 bits per heavy atom. The van der Waals surface area contributed by atoms with Gasteiger partial charge >= 0.3 is 6.18 Å². The fourth-order valence-corrected chi connectivity index (χ4v) is 0.866. The normalized spacial score (nSPS) is 12.0. The minimum Gasteiger partial charge on any atom is -0.290 e. The van der Waals surface area contributed by atoms with E-state index in [4.69, 9.17) is 5.21 Å². The molecule has 0 aliphatic rings. The summed E-state index contributed by atoms with van der Waals surface area (Å²) >= 11 is 0. The van der Waals surface area contributed by atoms with Gasteiger partial charge in [-0.15, -0.1) is 0 Å². The number of benzene rings is 1. The predicted octanol–water partition coefficient (Wildman–Crippen LogP) is 2.34. The van der Waals surface area contributed by atoms with E-state index in [1.807, 2.05) is 0 Å². The van der Waals surface area contributed by atoms with Crippen LogP contribution >= 0.6 is 0 Å². The third kappa shape index (κ3) is 2.74. The lowest BCUT2D eigenvalue weighted by atomic mass is 10.2. The molecule has 0 spiro atoms. The van der Waals surface area contributed by atoms with Gasteiger partial charge in [-0.2, -0.15) is 13.2 Å². The minimum atomic E-state index is -4.38. The Balaban J connectivity index is 2.96. The van der Waals surface area contributed by atoms with Crippen molar-refractivity contribution in [1.29, 1.82) is 0 Å². The lowest BCUT2D eigenvalue weighted by Gasteiger charge is -2.06. The Labute approximate surface area is 77.9 Å². The minimum absolute atomic E-state index is 0.112. The van der Waals surface area contributed by atoms with Gasteiger partial charge in [-0.25, -0.2) is 4.99 Å². The summed E-state index contributed by atoms with van der Waals surface area (Å²) in [5, 5.41) is 8.14. The SMILES string of the molecule is ONC=Nc1cccc(C(F)(F)F)c1. The van der Waals surface area contributed by atoms with Crippen molar-refractivity contribution in [2.24, 2.45) is 4.99 Å². The molecule has 0 unspecified atom stereocenters. The summed E-state index contributed by atoms with van der Waals surface area (Å²) in [6.45, 7) is 0. The molecule has 3 nitrogen and oxygen atoms in total. The van der Waals surface area contributed by atoms with Crippen LogP contribution < -0.4 is 5.48 Å². The highest BCUT2D eigenvalue weighted by molar-refractivity contribution is 5.60. The molecule has 0 atom stereocenters. The first-order chi connectivity index (χ1) is 6.54. The molecule has 2 N–H and O–H groups in total. The number of hydrogen-bond donors (Lipinski definition) is 2. The van der Waals surface area contributed by atoms with Gasteiger partial charge in [0.25, 0.3) is 0 Å². The average Bonchev–Trinajstić information content (AvgIpc) is 2.14. The second-order valence-electron chi connectivity index (χ2n) is 2.44. The maximum absolute atomic E-state index is 12.2. The van der Waals surface area contributed by atoms with Crippen LogP contribution in [0.4, 0.5) is 18.9 Å². The number of alkyl halides is 3. The molecule has 1 aromatic carbocycles. The van der Waals surface area contributed by atoms with Gasteiger partial charge in [-0.1, -0.05) is 6.07 Å². The molecule has 0 saturated carbocycles. The lowest BCUT2D eigenvalue weighted by molar-refractivity contribution is -0.137. The smallest absolute Gasteiger partial charge is 0.290 e. The molecule has 0 radical (unpaired) electrons. The van der Waals surface area contributed by atoms with E-state index in [1.165, 1.54) is 12.1 Å². The lowest BCUT2D eigenvalue weighted by Crippen LogP contribution is -2.04. The summed E-state index contributed by atoms with van der Waals surface area (Å²) in [6.07, 6.45) is -3.49. The van der Waals surface area contributed by atoms with Crippen molar-refractivity contribution >= 4 is 12.0 Å². The van der Waals surface area contributed by atoms with Crippen molar-refractivity contribution in [1.82, 2.24) is 5.48 Å². The van der Waals surface area contributed by atoms with E-state index < -0.39 is 11.7 Å². The maximum atomic E-state index is 12.2. The van der Waals surface area contributed by atoms with Crippen LogP contribution in [-0.2, 0) is 6.18 Å². The van der Waals surface area contributed by atoms with Crippen LogP contribution in [0.1, 0.15) is 5.56 Å². The fourth-order valence-electron chi connectivity index (χ4n) is 0.866. The van der Waals surface area contributed by atoms with E-state index in [0.717, 1.165) is 18.5 Å². The molecule has 0 aromatic heterocycles. The summed E-state index contributed by atoms with van der Waals surface area (Å²) in [6, 6.07) is 4.47. The molecule has 76 valence electrons. The Bertz CT molecular complexity index is 336. The zero-order valence-electron chi connectivity index (χ0n) is 6.92. The quantitative estimate of drug-likeness (QED) is 0.441. The molecule has 0 saturated heterocycles. The van der Waals surface area contributed by atoms with Gasteiger partial charge in [-0.3, -0.25) is 10.7 Å². The van der Waals surface area contributed by atoms with Gasteiger partial charge in [0, 0.05) is 0 Å². The molecular formula is C8H7F3N2O. The van der Waals surface area contributed by atoms with Crippen LogP contribution in [0, 0.1) is 0 Å². The number of hydroxylamine groups is 1. The topological polar surface area (TPSA) is 44.6 Å². The van der Waals surface area contributed by atoms with Gasteiger partial charge in [-0.05, 0) is 18.2 Å². The highest BCUT2D eigenvalue weighted by atomic mass is 19.4. The molecule has 0 fully saturated rings. The van der Waals surface area contributed by atoms with Gasteiger partial charge in [0.05, 0.1) is 11.3 Å². The standard InChI is InChI=1S/C8H7F3N2O/c9-8(10,11)6-2-1-3-7(4-6)12-5-13-14/h1-5,14H,(H,12,13). The van der Waals surface area contributed by atoms with Crippen molar-refractivity contribution < 1.29 is 18.4 Å². The first-order valence-corrected chi connectivity index (χ1v) is 3.63. The van der Waals surface area contributed by atoms with Gasteiger partial charge in [0.1, 0.15) is 6.34 Å². The van der Waals surface area contributed by atoms with Gasteiger partial charge < -0.3 is 0 Å². The number of nitrogens with zero attached hydrogens (tertiary/aromatic N) is 1. The van der Waals surface area contributed by atoms with Crippen LogP contribution in [0.15, 0.2) is 29.3 Å². The van der Waals surface area contributed by atoms with Crippen LogP contribution in [0.25, 0.3) is 0 Å². The Hall–Kier alpha value is -1.56. The molecule has 0 aliphatic carbocycles. The third-order valence-electron chi connectivity index (χ3n) is 1.44. The Kier molecular flexibility index (Phi) is 3.08. The highest BCUT2D eigenvalue weighted by Crippen LogP contribution is 2.31. The maximum Gasteiger partial charge on any atom is 0.416 e. The second kappa shape index (κ2) is 4.10. The average molecular weight is 204 g/mol. The van der Waals surface area contributed by atoms with Crippen molar-refractivity contribution in [3.63, 3.8) is 0 Å².